The van der Waals surface area contributed by atoms with Gasteiger partial charge in [0, 0.05) is 32.2 Å². The highest BCUT2D eigenvalue weighted by atomic mass is 35.5. The molecule has 1 unspecified atom stereocenters. The van der Waals surface area contributed by atoms with Gasteiger partial charge in [-0.05, 0) is 24.6 Å². The van der Waals surface area contributed by atoms with Crippen molar-refractivity contribution in [3.8, 4) is 6.07 Å². The molecule has 1 heterocycles. The quantitative estimate of drug-likeness (QED) is 0.908. The fourth-order valence-corrected chi connectivity index (χ4v) is 2.12. The van der Waals surface area contributed by atoms with Crippen LogP contribution in [0.1, 0.15) is 24.1 Å². The number of nitrogens with one attached hydrogen (secondary N) is 1. The smallest absolute Gasteiger partial charge is 0.0991 e. The number of piperazine rings is 1. The number of nitrogens with zero attached hydrogens (tertiary/aromatic N) is 2. The minimum Gasteiger partial charge on any atom is -0.314 e. The summed E-state index contributed by atoms with van der Waals surface area (Å²) in [5, 5.41) is 12.1. The first kappa shape index (κ1) is 17.2. The van der Waals surface area contributed by atoms with Gasteiger partial charge in [-0.25, -0.2) is 0 Å². The van der Waals surface area contributed by atoms with Gasteiger partial charge in [0.05, 0.1) is 11.6 Å². The third-order valence-corrected chi connectivity index (χ3v) is 3.22. The molecule has 1 atom stereocenters. The summed E-state index contributed by atoms with van der Waals surface area (Å²) in [7, 11) is 0. The lowest BCUT2D eigenvalue weighted by Gasteiger charge is -2.33. The molecule has 0 aliphatic carbocycles. The second-order valence-corrected chi connectivity index (χ2v) is 4.20. The van der Waals surface area contributed by atoms with Gasteiger partial charge < -0.3 is 5.32 Å². The summed E-state index contributed by atoms with van der Waals surface area (Å²) in [6.07, 6.45) is 0. The molecule has 18 heavy (non-hydrogen) atoms. The Hall–Kier alpha value is -0.790. The maximum atomic E-state index is 8.75. The highest BCUT2D eigenvalue weighted by molar-refractivity contribution is 5.85. The molecular formula is C13H19Cl2N3. The zero-order valence-corrected chi connectivity index (χ0v) is 12.1. The van der Waals surface area contributed by atoms with Crippen molar-refractivity contribution >= 4 is 24.8 Å². The van der Waals surface area contributed by atoms with Crippen LogP contribution in [0.25, 0.3) is 0 Å². The summed E-state index contributed by atoms with van der Waals surface area (Å²) in [5.74, 6) is 0. The van der Waals surface area contributed by atoms with Gasteiger partial charge in [0.15, 0.2) is 0 Å². The van der Waals surface area contributed by atoms with Crippen molar-refractivity contribution in [2.24, 2.45) is 0 Å². The third kappa shape index (κ3) is 4.15. The molecule has 2 rings (SSSR count). The van der Waals surface area contributed by atoms with Crippen LogP contribution in [-0.4, -0.2) is 31.1 Å². The van der Waals surface area contributed by atoms with Crippen LogP contribution >= 0.6 is 24.8 Å². The number of nitriles is 1. The Bertz CT molecular complexity index is 380. The fraction of sp³-hybridized carbons (Fsp3) is 0.462. The zero-order valence-electron chi connectivity index (χ0n) is 10.4. The third-order valence-electron chi connectivity index (χ3n) is 3.22. The van der Waals surface area contributed by atoms with Gasteiger partial charge in [0.25, 0.3) is 0 Å². The molecule has 0 aromatic heterocycles. The SMILES string of the molecule is CC(c1ccc(C#N)cc1)N1CCNCC1.Cl.Cl. The van der Waals surface area contributed by atoms with Gasteiger partial charge in [-0.2, -0.15) is 5.26 Å². The number of rotatable bonds is 2. The zero-order chi connectivity index (χ0) is 11.4. The summed E-state index contributed by atoms with van der Waals surface area (Å²) in [6, 6.07) is 10.5. The van der Waals surface area contributed by atoms with Crippen LogP contribution in [0.4, 0.5) is 0 Å². The standard InChI is InChI=1S/C13H17N3.2ClH/c1-11(16-8-6-15-7-9-16)13-4-2-12(10-14)3-5-13;;/h2-5,11,15H,6-9H2,1H3;2*1H. The monoisotopic (exact) mass is 287 g/mol. The van der Waals surface area contributed by atoms with E-state index >= 15 is 0 Å². The summed E-state index contributed by atoms with van der Waals surface area (Å²) in [4.78, 5) is 2.47. The average Bonchev–Trinajstić information content (AvgIpc) is 2.39. The van der Waals surface area contributed by atoms with E-state index in [9.17, 15) is 0 Å². The van der Waals surface area contributed by atoms with E-state index in [0.29, 0.717) is 6.04 Å². The van der Waals surface area contributed by atoms with Crippen LogP contribution in [-0.2, 0) is 0 Å². The van der Waals surface area contributed by atoms with Crippen LogP contribution < -0.4 is 5.32 Å². The molecule has 5 heteroatoms. The number of hydrogen-bond acceptors (Lipinski definition) is 3. The van der Waals surface area contributed by atoms with E-state index < -0.39 is 0 Å². The first-order valence-corrected chi connectivity index (χ1v) is 5.76. The Labute approximate surface area is 121 Å². The Morgan fingerprint density at radius 1 is 1.17 bits per heavy atom. The number of benzene rings is 1. The van der Waals surface area contributed by atoms with Crippen molar-refractivity contribution in [3.05, 3.63) is 35.4 Å². The van der Waals surface area contributed by atoms with E-state index in [2.05, 4.69) is 35.3 Å². The van der Waals surface area contributed by atoms with E-state index in [1.165, 1.54) is 5.56 Å². The number of halogens is 2. The van der Waals surface area contributed by atoms with E-state index in [4.69, 9.17) is 5.26 Å². The van der Waals surface area contributed by atoms with Crippen molar-refractivity contribution in [2.75, 3.05) is 26.2 Å². The van der Waals surface area contributed by atoms with Crippen molar-refractivity contribution in [1.29, 1.82) is 5.26 Å². The highest BCUT2D eigenvalue weighted by Crippen LogP contribution is 2.20. The molecule has 0 spiro atoms. The topological polar surface area (TPSA) is 39.1 Å². The molecular weight excluding hydrogens is 269 g/mol. The molecule has 3 nitrogen and oxygen atoms in total. The second kappa shape index (κ2) is 8.34. The Kier molecular flexibility index (Phi) is 7.97. The molecule has 0 bridgehead atoms. The minimum absolute atomic E-state index is 0. The normalized spacial score (nSPS) is 16.9. The van der Waals surface area contributed by atoms with E-state index in [1.54, 1.807) is 0 Å². The molecule has 1 fully saturated rings. The van der Waals surface area contributed by atoms with Gasteiger partial charge in [-0.3, -0.25) is 4.90 Å². The van der Waals surface area contributed by atoms with Crippen LogP contribution in [0.5, 0.6) is 0 Å². The van der Waals surface area contributed by atoms with Crippen LogP contribution in [0.3, 0.4) is 0 Å². The van der Waals surface area contributed by atoms with Crippen LogP contribution in [0.15, 0.2) is 24.3 Å². The van der Waals surface area contributed by atoms with Gasteiger partial charge in [0.1, 0.15) is 0 Å². The van der Waals surface area contributed by atoms with E-state index in [-0.39, 0.29) is 24.8 Å². The molecule has 1 aliphatic rings. The largest absolute Gasteiger partial charge is 0.314 e. The fourth-order valence-electron chi connectivity index (χ4n) is 2.12. The van der Waals surface area contributed by atoms with E-state index in [0.717, 1.165) is 31.7 Å². The summed E-state index contributed by atoms with van der Waals surface area (Å²) < 4.78 is 0. The molecule has 100 valence electrons. The minimum atomic E-state index is 0. The van der Waals surface area contributed by atoms with Crippen molar-refractivity contribution < 1.29 is 0 Å². The first-order chi connectivity index (χ1) is 7.81. The van der Waals surface area contributed by atoms with Gasteiger partial charge in [-0.15, -0.1) is 24.8 Å². The predicted molar refractivity (Wildman–Crippen MR) is 78.5 cm³/mol. The van der Waals surface area contributed by atoms with Crippen LogP contribution in [0, 0.1) is 11.3 Å². The molecule has 0 saturated carbocycles. The van der Waals surface area contributed by atoms with Crippen LogP contribution in [0.2, 0.25) is 0 Å². The Morgan fingerprint density at radius 2 is 1.72 bits per heavy atom. The molecule has 1 aromatic carbocycles. The Morgan fingerprint density at radius 3 is 2.22 bits per heavy atom. The molecule has 0 amide bonds. The van der Waals surface area contributed by atoms with Gasteiger partial charge in [-0.1, -0.05) is 12.1 Å². The summed E-state index contributed by atoms with van der Waals surface area (Å²) >= 11 is 0. The maximum Gasteiger partial charge on any atom is 0.0991 e. The highest BCUT2D eigenvalue weighted by Gasteiger charge is 2.17. The average molecular weight is 288 g/mol. The van der Waals surface area contributed by atoms with Crippen molar-refractivity contribution in [1.82, 2.24) is 10.2 Å². The molecule has 0 radical (unpaired) electrons. The lowest BCUT2D eigenvalue weighted by Crippen LogP contribution is -2.44. The molecule has 1 aromatic rings. The molecule has 1 N–H and O–H groups in total. The lowest BCUT2D eigenvalue weighted by molar-refractivity contribution is 0.185. The molecule has 1 saturated heterocycles. The van der Waals surface area contributed by atoms with Gasteiger partial charge >= 0.3 is 0 Å². The van der Waals surface area contributed by atoms with Crippen molar-refractivity contribution in [3.63, 3.8) is 0 Å². The summed E-state index contributed by atoms with van der Waals surface area (Å²) in [6.45, 7) is 6.57. The van der Waals surface area contributed by atoms with E-state index in [1.807, 2.05) is 12.1 Å². The second-order valence-electron chi connectivity index (χ2n) is 4.20. The summed E-state index contributed by atoms with van der Waals surface area (Å²) in [5.41, 5.74) is 2.03. The predicted octanol–water partition coefficient (Wildman–Crippen LogP) is 2.37. The van der Waals surface area contributed by atoms with Gasteiger partial charge in [0.2, 0.25) is 0 Å². The number of hydrogen-bond donors (Lipinski definition) is 1. The lowest BCUT2D eigenvalue weighted by atomic mass is 10.0. The van der Waals surface area contributed by atoms with Crippen molar-refractivity contribution in [2.45, 2.75) is 13.0 Å². The maximum absolute atomic E-state index is 8.75. The Balaban J connectivity index is 0.00000144. The first-order valence-electron chi connectivity index (χ1n) is 5.76. The molecule has 1 aliphatic heterocycles.